The topological polar surface area (TPSA) is 62.3 Å². The quantitative estimate of drug-likeness (QED) is 0.811. The van der Waals surface area contributed by atoms with E-state index in [-0.39, 0.29) is 11.8 Å². The summed E-state index contributed by atoms with van der Waals surface area (Å²) in [5.41, 5.74) is 6.29. The minimum absolute atomic E-state index is 0.273. The maximum Gasteiger partial charge on any atom is 0.495 e. The highest BCUT2D eigenvalue weighted by Crippen LogP contribution is 2.36. The highest BCUT2D eigenvalue weighted by molar-refractivity contribution is 6.62. The first-order chi connectivity index (χ1) is 9.62. The number of nitrogens with two attached hydrogens (primary N) is 1. The Labute approximate surface area is 123 Å². The molecular formula is C14H19BFN3O2. The van der Waals surface area contributed by atoms with E-state index < -0.39 is 18.3 Å². The van der Waals surface area contributed by atoms with Gasteiger partial charge in [-0.15, -0.1) is 0 Å². The largest absolute Gasteiger partial charge is 0.495 e. The van der Waals surface area contributed by atoms with E-state index in [2.05, 4.69) is 4.98 Å². The summed E-state index contributed by atoms with van der Waals surface area (Å²) < 4.78 is 27.7. The molecule has 1 aromatic carbocycles. The van der Waals surface area contributed by atoms with Crippen molar-refractivity contribution in [3.63, 3.8) is 0 Å². The van der Waals surface area contributed by atoms with Gasteiger partial charge in [0.15, 0.2) is 0 Å². The molecule has 112 valence electrons. The first-order valence-corrected chi connectivity index (χ1v) is 6.89. The van der Waals surface area contributed by atoms with Gasteiger partial charge in [-0.1, -0.05) is 0 Å². The highest BCUT2D eigenvalue weighted by Gasteiger charge is 2.51. The van der Waals surface area contributed by atoms with Crippen molar-refractivity contribution in [1.82, 2.24) is 9.55 Å². The van der Waals surface area contributed by atoms with Crippen LogP contribution in [-0.4, -0.2) is 27.9 Å². The van der Waals surface area contributed by atoms with Crippen molar-refractivity contribution in [3.8, 4) is 0 Å². The molecule has 21 heavy (non-hydrogen) atoms. The summed E-state index contributed by atoms with van der Waals surface area (Å²) in [5.74, 6) is -0.112. The number of hydrogen-bond acceptors (Lipinski definition) is 4. The van der Waals surface area contributed by atoms with Crippen molar-refractivity contribution in [1.29, 1.82) is 0 Å². The van der Waals surface area contributed by atoms with Crippen molar-refractivity contribution in [2.24, 2.45) is 7.05 Å². The Hall–Kier alpha value is -1.60. The average molecular weight is 291 g/mol. The first-order valence-electron chi connectivity index (χ1n) is 6.89. The summed E-state index contributed by atoms with van der Waals surface area (Å²) in [5, 5.41) is 0. The number of hydrogen-bond donors (Lipinski definition) is 1. The van der Waals surface area contributed by atoms with Crippen LogP contribution in [0.25, 0.3) is 11.0 Å². The third-order valence-electron chi connectivity index (χ3n) is 4.51. The molecule has 3 rings (SSSR count). The van der Waals surface area contributed by atoms with Crippen LogP contribution in [0.2, 0.25) is 0 Å². The van der Waals surface area contributed by atoms with E-state index in [1.54, 1.807) is 13.1 Å². The molecule has 5 nitrogen and oxygen atoms in total. The van der Waals surface area contributed by atoms with Crippen molar-refractivity contribution in [3.05, 3.63) is 17.9 Å². The molecule has 0 radical (unpaired) electrons. The SMILES string of the molecule is Cn1c(N)nc2cc(B3OC(C)(C)C(C)(C)O3)cc(F)c21. The first kappa shape index (κ1) is 14.3. The number of rotatable bonds is 1. The summed E-state index contributed by atoms with van der Waals surface area (Å²) >= 11 is 0. The lowest BCUT2D eigenvalue weighted by molar-refractivity contribution is 0.00578. The van der Waals surface area contributed by atoms with E-state index in [0.29, 0.717) is 16.5 Å². The normalized spacial score (nSPS) is 20.4. The van der Waals surface area contributed by atoms with E-state index in [4.69, 9.17) is 15.0 Å². The minimum Gasteiger partial charge on any atom is -0.399 e. The van der Waals surface area contributed by atoms with E-state index in [1.807, 2.05) is 27.7 Å². The molecule has 0 amide bonds. The molecule has 2 heterocycles. The van der Waals surface area contributed by atoms with E-state index in [9.17, 15) is 4.39 Å². The van der Waals surface area contributed by atoms with Gasteiger partial charge in [-0.2, -0.15) is 0 Å². The zero-order chi connectivity index (χ0) is 15.6. The highest BCUT2D eigenvalue weighted by atomic mass is 19.1. The number of halogens is 1. The number of aryl methyl sites for hydroxylation is 1. The molecule has 0 unspecified atom stereocenters. The van der Waals surface area contributed by atoms with Crippen molar-refractivity contribution >= 4 is 29.6 Å². The van der Waals surface area contributed by atoms with Gasteiger partial charge in [-0.25, -0.2) is 9.37 Å². The molecule has 1 saturated heterocycles. The summed E-state index contributed by atoms with van der Waals surface area (Å²) in [6.07, 6.45) is 0. The standard InChI is InChI=1S/C14H19BFN3O2/c1-13(2)14(3,4)21-15(20-13)8-6-9(16)11-10(7-8)18-12(17)19(11)5/h6-7H,1-5H3,(H2,17,18). The molecule has 0 aliphatic carbocycles. The molecule has 1 aliphatic rings. The summed E-state index contributed by atoms with van der Waals surface area (Å²) in [6, 6.07) is 3.18. The monoisotopic (exact) mass is 291 g/mol. The maximum atomic E-state index is 14.3. The van der Waals surface area contributed by atoms with E-state index >= 15 is 0 Å². The van der Waals surface area contributed by atoms with Crippen LogP contribution in [0.4, 0.5) is 10.3 Å². The van der Waals surface area contributed by atoms with Crippen LogP contribution >= 0.6 is 0 Å². The van der Waals surface area contributed by atoms with Gasteiger partial charge >= 0.3 is 7.12 Å². The molecule has 1 fully saturated rings. The summed E-state index contributed by atoms with van der Waals surface area (Å²) in [6.45, 7) is 7.84. The molecule has 2 N–H and O–H groups in total. The van der Waals surface area contributed by atoms with E-state index in [1.165, 1.54) is 10.6 Å². The summed E-state index contributed by atoms with van der Waals surface area (Å²) in [4.78, 5) is 4.17. The second-order valence-electron chi connectivity index (χ2n) is 6.49. The number of fused-ring (bicyclic) bond motifs is 1. The van der Waals surface area contributed by atoms with Gasteiger partial charge in [0.25, 0.3) is 0 Å². The fourth-order valence-electron chi connectivity index (χ4n) is 2.45. The lowest BCUT2D eigenvalue weighted by atomic mass is 9.79. The molecule has 1 aromatic heterocycles. The Bertz CT molecular complexity index is 711. The van der Waals surface area contributed by atoms with Crippen LogP contribution < -0.4 is 11.2 Å². The van der Waals surface area contributed by atoms with Crippen molar-refractivity contribution in [2.75, 3.05) is 5.73 Å². The fourth-order valence-corrected chi connectivity index (χ4v) is 2.45. The van der Waals surface area contributed by atoms with E-state index in [0.717, 1.165) is 0 Å². The molecule has 0 spiro atoms. The average Bonchev–Trinajstić information content (AvgIpc) is 2.74. The third kappa shape index (κ3) is 2.03. The van der Waals surface area contributed by atoms with Gasteiger partial charge in [-0.05, 0) is 45.3 Å². The number of aromatic nitrogens is 2. The smallest absolute Gasteiger partial charge is 0.399 e. The predicted octanol–water partition coefficient (Wildman–Crippen LogP) is 1.59. The number of nitrogen functional groups attached to an aromatic ring is 1. The summed E-state index contributed by atoms with van der Waals surface area (Å²) in [7, 11) is 1.07. The Morgan fingerprint density at radius 1 is 1.19 bits per heavy atom. The van der Waals surface area contributed by atoms with Gasteiger partial charge in [-0.3, -0.25) is 0 Å². The predicted molar refractivity (Wildman–Crippen MR) is 80.8 cm³/mol. The van der Waals surface area contributed by atoms with Gasteiger partial charge in [0, 0.05) is 7.05 Å². The van der Waals surface area contributed by atoms with Crippen LogP contribution in [0.1, 0.15) is 27.7 Å². The van der Waals surface area contributed by atoms with Crippen LogP contribution in [0.3, 0.4) is 0 Å². The number of nitrogens with zero attached hydrogens (tertiary/aromatic N) is 2. The van der Waals surface area contributed by atoms with Gasteiger partial charge in [0.1, 0.15) is 11.3 Å². The van der Waals surface area contributed by atoms with Gasteiger partial charge < -0.3 is 19.6 Å². The van der Waals surface area contributed by atoms with Gasteiger partial charge in [0.05, 0.1) is 16.7 Å². The molecular weight excluding hydrogens is 272 g/mol. The molecule has 0 saturated carbocycles. The zero-order valence-corrected chi connectivity index (χ0v) is 12.9. The van der Waals surface area contributed by atoms with Gasteiger partial charge in [0.2, 0.25) is 5.95 Å². The molecule has 0 atom stereocenters. The second kappa shape index (κ2) is 4.21. The lowest BCUT2D eigenvalue weighted by Crippen LogP contribution is -2.41. The van der Waals surface area contributed by atoms with Crippen molar-refractivity contribution < 1.29 is 13.7 Å². The number of benzene rings is 1. The lowest BCUT2D eigenvalue weighted by Gasteiger charge is -2.32. The Morgan fingerprint density at radius 2 is 1.76 bits per heavy atom. The third-order valence-corrected chi connectivity index (χ3v) is 4.51. The fraction of sp³-hybridized carbons (Fsp3) is 0.500. The van der Waals surface area contributed by atoms with Crippen LogP contribution in [0.5, 0.6) is 0 Å². The van der Waals surface area contributed by atoms with Crippen LogP contribution in [0.15, 0.2) is 12.1 Å². The van der Waals surface area contributed by atoms with Crippen molar-refractivity contribution in [2.45, 2.75) is 38.9 Å². The zero-order valence-electron chi connectivity index (χ0n) is 12.9. The molecule has 0 bridgehead atoms. The van der Waals surface area contributed by atoms with Crippen LogP contribution in [0, 0.1) is 5.82 Å². The minimum atomic E-state index is -0.614. The second-order valence-corrected chi connectivity index (χ2v) is 6.49. The maximum absolute atomic E-state index is 14.3. The van der Waals surface area contributed by atoms with Crippen LogP contribution in [-0.2, 0) is 16.4 Å². The Balaban J connectivity index is 2.07. The Kier molecular flexibility index (Phi) is 2.87. The molecule has 2 aromatic rings. The Morgan fingerprint density at radius 3 is 2.33 bits per heavy atom. The molecule has 7 heteroatoms. The number of imidazole rings is 1. The molecule has 1 aliphatic heterocycles. The number of anilines is 1.